The fraction of sp³-hybridized carbons (Fsp3) is 0.209. The van der Waals surface area contributed by atoms with Crippen molar-refractivity contribution in [2.45, 2.75) is 59.2 Å². The Morgan fingerprint density at radius 1 is 0.729 bits per heavy atom. The molecule has 0 aliphatic heterocycles. The summed E-state index contributed by atoms with van der Waals surface area (Å²) in [5, 5.41) is 3.67. The van der Waals surface area contributed by atoms with Crippen molar-refractivity contribution in [3.63, 3.8) is 0 Å². The molecule has 0 aliphatic rings. The van der Waals surface area contributed by atoms with Crippen LogP contribution in [0.4, 0.5) is 0 Å². The van der Waals surface area contributed by atoms with Crippen LogP contribution in [0.1, 0.15) is 43.7 Å². The fourth-order valence-corrected chi connectivity index (χ4v) is 8.09. The average molecular weight is 823 g/mol. The number of hydrogen-bond acceptors (Lipinski definition) is 3. The molecule has 0 aliphatic carbocycles. The van der Waals surface area contributed by atoms with Crippen molar-refractivity contribution in [3.8, 4) is 33.6 Å². The quantitative estimate of drug-likeness (QED) is 0.119. The summed E-state index contributed by atoms with van der Waals surface area (Å²) in [4.78, 5) is 9.23. The predicted molar refractivity (Wildman–Crippen MR) is 201 cm³/mol. The number of hydrogen-bond donors (Lipinski definition) is 0. The summed E-state index contributed by atoms with van der Waals surface area (Å²) in [6.45, 7) is 13.7. The minimum absolute atomic E-state index is 0. The van der Waals surface area contributed by atoms with Gasteiger partial charge < -0.3 is 14.4 Å². The molecule has 0 fully saturated rings. The van der Waals surface area contributed by atoms with Crippen molar-refractivity contribution in [2.75, 3.05) is 0 Å². The van der Waals surface area contributed by atoms with Gasteiger partial charge >= 0.3 is 0 Å². The van der Waals surface area contributed by atoms with Crippen LogP contribution in [0.3, 0.4) is 0 Å². The van der Waals surface area contributed by atoms with Crippen molar-refractivity contribution < 1.29 is 24.5 Å². The largest absolute Gasteiger partial charge is 0.501 e. The molecular weight excluding hydrogens is 781 g/mol. The number of aromatic nitrogens is 2. The summed E-state index contributed by atoms with van der Waals surface area (Å²) < 4.78 is 6.31. The van der Waals surface area contributed by atoms with Gasteiger partial charge in [-0.2, -0.15) is 0 Å². The van der Waals surface area contributed by atoms with Gasteiger partial charge in [0.25, 0.3) is 0 Å². The minimum Gasteiger partial charge on any atom is -0.501 e. The average Bonchev–Trinajstić information content (AvgIpc) is 3.48. The van der Waals surface area contributed by atoms with Crippen molar-refractivity contribution >= 4 is 35.2 Å². The Kier molecular flexibility index (Phi) is 11.3. The first-order valence-corrected chi connectivity index (χ1v) is 20.1. The maximum absolute atomic E-state index is 6.31. The number of rotatable bonds is 7. The number of fused-ring (bicyclic) bond motifs is 3. The summed E-state index contributed by atoms with van der Waals surface area (Å²) in [5.41, 5.74) is 10.8. The van der Waals surface area contributed by atoms with Crippen molar-refractivity contribution in [2.24, 2.45) is 0 Å². The van der Waals surface area contributed by atoms with E-state index in [-0.39, 0.29) is 20.1 Å². The predicted octanol–water partition coefficient (Wildman–Crippen LogP) is 11.4. The van der Waals surface area contributed by atoms with E-state index in [1.54, 1.807) is 0 Å². The van der Waals surface area contributed by atoms with Crippen molar-refractivity contribution in [1.29, 1.82) is 0 Å². The molecule has 1 radical (unpaired) electrons. The van der Waals surface area contributed by atoms with E-state index in [2.05, 4.69) is 142 Å². The molecule has 0 N–H and O–H groups in total. The Hall–Kier alpha value is -4.15. The van der Waals surface area contributed by atoms with Crippen molar-refractivity contribution in [3.05, 3.63) is 139 Å². The van der Waals surface area contributed by atoms with Gasteiger partial charge in [0.15, 0.2) is 0 Å². The van der Waals surface area contributed by atoms with E-state index < -0.39 is 8.07 Å². The second kappa shape index (κ2) is 15.4. The first kappa shape index (κ1) is 35.2. The van der Waals surface area contributed by atoms with Gasteiger partial charge in [-0.1, -0.05) is 104 Å². The molecule has 48 heavy (non-hydrogen) atoms. The first-order chi connectivity index (χ1) is 22.8. The number of pyridine rings is 2. The van der Waals surface area contributed by atoms with Gasteiger partial charge in [-0.05, 0) is 71.6 Å². The molecule has 0 saturated heterocycles. The molecule has 245 valence electrons. The van der Waals surface area contributed by atoms with Crippen LogP contribution in [0, 0.1) is 19.1 Å². The van der Waals surface area contributed by atoms with E-state index >= 15 is 0 Å². The van der Waals surface area contributed by atoms with Crippen LogP contribution < -0.4 is 5.19 Å². The molecule has 5 heteroatoms. The minimum atomic E-state index is -1.27. The molecule has 0 spiro atoms. The van der Waals surface area contributed by atoms with E-state index in [0.717, 1.165) is 57.3 Å². The molecule has 3 aromatic heterocycles. The van der Waals surface area contributed by atoms with Gasteiger partial charge in [0.1, 0.15) is 5.58 Å². The third kappa shape index (κ3) is 7.60. The number of nitrogens with zero attached hydrogens (tertiary/aromatic N) is 2. The summed E-state index contributed by atoms with van der Waals surface area (Å²) in [5.74, 6) is 0.551. The standard InChI is InChI=1S/C28H24NO.C15H18NSi.Ir/c1-3-19(4-2)22-15-16-29-26(18-22)24-12-8-11-23-25-17-21(20-9-6-5-7-10-20)13-14-27(25)30-28(23)24;1-12-10-14(13-8-6-5-7-9-13)16-11-15(12)17(2,3)4;/h5-11,13-19H,3-4H2,1-2H3;5-8,10-11H,1-4H3;/q2*-1;. The number of furan rings is 1. The third-order valence-electron chi connectivity index (χ3n) is 8.94. The van der Waals surface area contributed by atoms with Gasteiger partial charge in [0.2, 0.25) is 0 Å². The molecular formula is C43H42IrN2OSi-2. The zero-order valence-electron chi connectivity index (χ0n) is 28.6. The molecule has 0 atom stereocenters. The molecule has 7 aromatic rings. The maximum Gasteiger partial charge on any atom is 0.120 e. The zero-order chi connectivity index (χ0) is 33.0. The van der Waals surface area contributed by atoms with E-state index in [4.69, 9.17) is 4.42 Å². The second-order valence-corrected chi connectivity index (χ2v) is 18.2. The molecule has 0 saturated carbocycles. The molecule has 4 aromatic carbocycles. The smallest absolute Gasteiger partial charge is 0.120 e. The third-order valence-corrected chi connectivity index (χ3v) is 11.1. The summed E-state index contributed by atoms with van der Waals surface area (Å²) >= 11 is 0. The summed E-state index contributed by atoms with van der Waals surface area (Å²) in [6, 6.07) is 42.0. The van der Waals surface area contributed by atoms with Crippen LogP contribution in [0.2, 0.25) is 19.6 Å². The Morgan fingerprint density at radius 2 is 1.50 bits per heavy atom. The van der Waals surface area contributed by atoms with Crippen LogP contribution in [0.5, 0.6) is 0 Å². The first-order valence-electron chi connectivity index (χ1n) is 16.6. The molecule has 0 bridgehead atoms. The number of aryl methyl sites for hydroxylation is 1. The van der Waals surface area contributed by atoms with Crippen molar-refractivity contribution in [1.82, 2.24) is 9.97 Å². The molecule has 3 heterocycles. The van der Waals surface area contributed by atoms with Gasteiger partial charge in [0.05, 0.1) is 13.7 Å². The Balaban J connectivity index is 0.000000214. The summed E-state index contributed by atoms with van der Waals surface area (Å²) in [6.07, 6.45) is 6.21. The molecule has 0 amide bonds. The molecule has 3 nitrogen and oxygen atoms in total. The Labute approximate surface area is 299 Å². The second-order valence-electron chi connectivity index (χ2n) is 13.2. The Morgan fingerprint density at radius 3 is 2.19 bits per heavy atom. The Bertz CT molecular complexity index is 2110. The fourth-order valence-electron chi connectivity index (χ4n) is 6.38. The monoisotopic (exact) mass is 823 g/mol. The van der Waals surface area contributed by atoms with Gasteiger partial charge in [-0.3, -0.25) is 0 Å². The normalized spacial score (nSPS) is 11.3. The van der Waals surface area contributed by atoms with E-state index in [1.807, 2.05) is 36.5 Å². The van der Waals surface area contributed by atoms with Crippen LogP contribution in [0.25, 0.3) is 55.6 Å². The topological polar surface area (TPSA) is 38.9 Å². The number of benzene rings is 4. The summed E-state index contributed by atoms with van der Waals surface area (Å²) in [7, 11) is -1.27. The van der Waals surface area contributed by atoms with E-state index in [1.165, 1.54) is 27.4 Å². The molecule has 7 rings (SSSR count). The van der Waals surface area contributed by atoms with E-state index in [9.17, 15) is 0 Å². The maximum atomic E-state index is 6.31. The van der Waals surface area contributed by atoms with Crippen LogP contribution in [0.15, 0.2) is 120 Å². The van der Waals surface area contributed by atoms with Gasteiger partial charge in [-0.15, -0.1) is 54.1 Å². The van der Waals surface area contributed by atoms with Crippen LogP contribution in [-0.4, -0.2) is 18.0 Å². The molecule has 0 unspecified atom stereocenters. The SMILES string of the molecule is CCC(CC)c1ccnc(-c2[c-]ccc3c2oc2ccc(-c4ccccc4)cc23)c1.Cc1cc(-c2[c-]cccc2)ncc1[Si](C)(C)C.[Ir]. The van der Waals surface area contributed by atoms with Crippen LogP contribution in [-0.2, 0) is 20.1 Å². The van der Waals surface area contributed by atoms with Gasteiger partial charge in [0, 0.05) is 37.9 Å². The zero-order valence-corrected chi connectivity index (χ0v) is 32.0. The van der Waals surface area contributed by atoms with Crippen LogP contribution >= 0.6 is 0 Å². The van der Waals surface area contributed by atoms with E-state index in [0.29, 0.717) is 5.92 Å². The van der Waals surface area contributed by atoms with Gasteiger partial charge in [-0.25, -0.2) is 0 Å².